The van der Waals surface area contributed by atoms with E-state index in [1.54, 1.807) is 0 Å². The molecule has 5 nitrogen and oxygen atoms in total. The first-order valence-corrected chi connectivity index (χ1v) is 6.90. The fraction of sp³-hybridized carbons (Fsp3) is 0.538. The normalized spacial score (nSPS) is 14.8. The first-order valence-electron chi connectivity index (χ1n) is 6.49. The van der Waals surface area contributed by atoms with Crippen LogP contribution in [-0.2, 0) is 13.1 Å². The van der Waals surface area contributed by atoms with E-state index in [0.29, 0.717) is 17.9 Å². The number of anilines is 1. The molecule has 0 saturated heterocycles. The molecule has 0 unspecified atom stereocenters. The summed E-state index contributed by atoms with van der Waals surface area (Å²) in [7, 11) is 0. The Hall–Kier alpha value is -1.40. The Labute approximate surface area is 117 Å². The number of nitrogens with one attached hydrogen (secondary N) is 2. The maximum atomic E-state index is 12.0. The third kappa shape index (κ3) is 2.96. The summed E-state index contributed by atoms with van der Waals surface area (Å²) in [6.45, 7) is 11.0. The van der Waals surface area contributed by atoms with Gasteiger partial charge in [-0.25, -0.2) is 0 Å². The minimum Gasteiger partial charge on any atom is -0.358 e. The second kappa shape index (κ2) is 5.71. The third-order valence-electron chi connectivity index (χ3n) is 3.12. The van der Waals surface area contributed by atoms with Crippen molar-refractivity contribution in [1.82, 2.24) is 14.5 Å². The molecule has 0 fully saturated rings. The van der Waals surface area contributed by atoms with Gasteiger partial charge < -0.3 is 9.88 Å². The van der Waals surface area contributed by atoms with Crippen molar-refractivity contribution in [2.75, 3.05) is 18.5 Å². The van der Waals surface area contributed by atoms with Crippen LogP contribution in [0.25, 0.3) is 0 Å². The molecule has 0 aliphatic carbocycles. The lowest BCUT2D eigenvalue weighted by atomic mass is 10.2. The van der Waals surface area contributed by atoms with Gasteiger partial charge in [0.25, 0.3) is 5.56 Å². The number of hydrogen-bond acceptors (Lipinski definition) is 4. The summed E-state index contributed by atoms with van der Waals surface area (Å²) in [6.07, 6.45) is 1.07. The summed E-state index contributed by atoms with van der Waals surface area (Å²) in [5.74, 6) is 0.837. The highest BCUT2D eigenvalue weighted by Crippen LogP contribution is 2.20. The van der Waals surface area contributed by atoms with E-state index in [1.807, 2.05) is 11.5 Å². The Kier molecular flexibility index (Phi) is 4.21. The van der Waals surface area contributed by atoms with Crippen LogP contribution < -0.4 is 10.9 Å². The summed E-state index contributed by atoms with van der Waals surface area (Å²) in [5.41, 5.74) is 1.67. The fourth-order valence-corrected chi connectivity index (χ4v) is 2.57. The Bertz CT molecular complexity index is 602. The SMILES string of the molecule is C=C(C)Cn1c2c(c(=O)[nH]c1=S)CN(CCC)CN2. The van der Waals surface area contributed by atoms with Crippen LogP contribution in [0.2, 0.25) is 0 Å². The van der Waals surface area contributed by atoms with Crippen molar-refractivity contribution in [2.24, 2.45) is 0 Å². The topological polar surface area (TPSA) is 53.1 Å². The van der Waals surface area contributed by atoms with E-state index in [4.69, 9.17) is 12.2 Å². The van der Waals surface area contributed by atoms with Crippen LogP contribution in [0.15, 0.2) is 16.9 Å². The number of hydrogen-bond donors (Lipinski definition) is 2. The molecule has 2 heterocycles. The first kappa shape index (κ1) is 14.0. The highest BCUT2D eigenvalue weighted by Gasteiger charge is 2.21. The van der Waals surface area contributed by atoms with Gasteiger partial charge in [0, 0.05) is 13.1 Å². The number of nitrogens with zero attached hydrogens (tertiary/aromatic N) is 2. The summed E-state index contributed by atoms with van der Waals surface area (Å²) in [5, 5.41) is 3.31. The van der Waals surface area contributed by atoms with Gasteiger partial charge in [-0.1, -0.05) is 19.1 Å². The summed E-state index contributed by atoms with van der Waals surface area (Å²) >= 11 is 5.24. The number of allylic oxidation sites excluding steroid dienone is 1. The van der Waals surface area contributed by atoms with Crippen LogP contribution in [0.4, 0.5) is 5.82 Å². The molecule has 0 spiro atoms. The molecule has 0 amide bonds. The van der Waals surface area contributed by atoms with Crippen molar-refractivity contribution in [3.63, 3.8) is 0 Å². The number of H-pyrrole nitrogens is 1. The highest BCUT2D eigenvalue weighted by molar-refractivity contribution is 7.71. The van der Waals surface area contributed by atoms with Gasteiger partial charge in [0.15, 0.2) is 4.77 Å². The smallest absolute Gasteiger partial charge is 0.258 e. The van der Waals surface area contributed by atoms with Crippen molar-refractivity contribution in [3.05, 3.63) is 32.8 Å². The van der Waals surface area contributed by atoms with Crippen LogP contribution in [0.5, 0.6) is 0 Å². The molecule has 2 N–H and O–H groups in total. The van der Waals surface area contributed by atoms with Crippen molar-refractivity contribution in [3.8, 4) is 0 Å². The molecule has 1 aromatic rings. The van der Waals surface area contributed by atoms with Gasteiger partial charge in [0.05, 0.1) is 12.2 Å². The molecule has 0 radical (unpaired) electrons. The predicted octanol–water partition coefficient (Wildman–Crippen LogP) is 2.08. The van der Waals surface area contributed by atoms with Gasteiger partial charge in [0.1, 0.15) is 5.82 Å². The second-order valence-corrected chi connectivity index (χ2v) is 5.40. The Balaban J connectivity index is 2.45. The van der Waals surface area contributed by atoms with E-state index < -0.39 is 0 Å². The van der Waals surface area contributed by atoms with Crippen LogP contribution in [0, 0.1) is 4.77 Å². The molecule has 1 aliphatic rings. The molecular formula is C13H20N4OS. The van der Waals surface area contributed by atoms with Crippen LogP contribution in [0.3, 0.4) is 0 Å². The van der Waals surface area contributed by atoms with Crippen LogP contribution >= 0.6 is 12.2 Å². The lowest BCUT2D eigenvalue weighted by Crippen LogP contribution is -2.39. The highest BCUT2D eigenvalue weighted by atomic mass is 32.1. The molecule has 2 rings (SSSR count). The number of rotatable bonds is 4. The molecular weight excluding hydrogens is 260 g/mol. The zero-order valence-electron chi connectivity index (χ0n) is 11.5. The fourth-order valence-electron chi connectivity index (χ4n) is 2.32. The molecule has 0 aromatic carbocycles. The van der Waals surface area contributed by atoms with Gasteiger partial charge in [-0.3, -0.25) is 14.7 Å². The van der Waals surface area contributed by atoms with Gasteiger partial charge in [-0.05, 0) is 32.1 Å². The van der Waals surface area contributed by atoms with Crippen molar-refractivity contribution < 1.29 is 0 Å². The van der Waals surface area contributed by atoms with E-state index in [1.165, 1.54) is 0 Å². The standard InChI is InChI=1S/C13H20N4OS/c1-4-5-16-7-10-11(14-8-16)17(6-9(2)3)13(19)15-12(10)18/h14H,2,4-8H2,1,3H3,(H,15,18,19). The number of fused-ring (bicyclic) bond motifs is 1. The average Bonchev–Trinajstić information content (AvgIpc) is 2.35. The van der Waals surface area contributed by atoms with E-state index >= 15 is 0 Å². The quantitative estimate of drug-likeness (QED) is 0.655. The molecule has 0 saturated carbocycles. The Morgan fingerprint density at radius 2 is 2.26 bits per heavy atom. The van der Waals surface area contributed by atoms with Crippen molar-refractivity contribution in [2.45, 2.75) is 33.4 Å². The minimum absolute atomic E-state index is 0.0914. The van der Waals surface area contributed by atoms with Gasteiger partial charge in [-0.2, -0.15) is 0 Å². The van der Waals surface area contributed by atoms with Crippen LogP contribution in [-0.4, -0.2) is 27.7 Å². The Morgan fingerprint density at radius 1 is 1.53 bits per heavy atom. The molecule has 1 aliphatic heterocycles. The second-order valence-electron chi connectivity index (χ2n) is 5.02. The number of aromatic amines is 1. The van der Waals surface area contributed by atoms with E-state index in [0.717, 1.165) is 36.6 Å². The molecule has 6 heteroatoms. The largest absolute Gasteiger partial charge is 0.358 e. The predicted molar refractivity (Wildman–Crippen MR) is 79.9 cm³/mol. The molecule has 0 bridgehead atoms. The molecule has 104 valence electrons. The zero-order chi connectivity index (χ0) is 14.0. The summed E-state index contributed by atoms with van der Waals surface area (Å²) in [6, 6.07) is 0. The number of aromatic nitrogens is 2. The molecule has 0 atom stereocenters. The average molecular weight is 280 g/mol. The maximum absolute atomic E-state index is 12.0. The summed E-state index contributed by atoms with van der Waals surface area (Å²) in [4.78, 5) is 17.0. The van der Waals surface area contributed by atoms with Gasteiger partial charge >= 0.3 is 0 Å². The van der Waals surface area contributed by atoms with Crippen molar-refractivity contribution >= 4 is 18.0 Å². The lowest BCUT2D eigenvalue weighted by Gasteiger charge is -2.30. The third-order valence-corrected chi connectivity index (χ3v) is 3.44. The summed E-state index contributed by atoms with van der Waals surface area (Å²) < 4.78 is 2.36. The van der Waals surface area contributed by atoms with E-state index in [9.17, 15) is 4.79 Å². The van der Waals surface area contributed by atoms with Gasteiger partial charge in [0.2, 0.25) is 0 Å². The van der Waals surface area contributed by atoms with Gasteiger partial charge in [-0.15, -0.1) is 0 Å². The zero-order valence-corrected chi connectivity index (χ0v) is 12.3. The van der Waals surface area contributed by atoms with E-state index in [-0.39, 0.29) is 5.56 Å². The van der Waals surface area contributed by atoms with Crippen LogP contribution in [0.1, 0.15) is 25.8 Å². The lowest BCUT2D eigenvalue weighted by molar-refractivity contribution is 0.272. The molecule has 19 heavy (non-hydrogen) atoms. The Morgan fingerprint density at radius 3 is 2.89 bits per heavy atom. The minimum atomic E-state index is -0.0914. The van der Waals surface area contributed by atoms with Crippen molar-refractivity contribution in [1.29, 1.82) is 0 Å². The maximum Gasteiger partial charge on any atom is 0.258 e. The monoisotopic (exact) mass is 280 g/mol. The first-order chi connectivity index (χ1) is 9.02. The van der Waals surface area contributed by atoms with E-state index in [2.05, 4.69) is 28.7 Å². The molecule has 1 aromatic heterocycles.